The van der Waals surface area contributed by atoms with Gasteiger partial charge in [-0.2, -0.15) is 0 Å². The van der Waals surface area contributed by atoms with Crippen LogP contribution in [0.25, 0.3) is 0 Å². The average molecular weight is 445 g/mol. The van der Waals surface area contributed by atoms with E-state index in [2.05, 4.69) is 77.2 Å². The molecule has 5 heteroatoms. The molecule has 1 saturated carbocycles. The molecule has 3 heterocycles. The van der Waals surface area contributed by atoms with Crippen LogP contribution in [0, 0.1) is 13.8 Å². The summed E-state index contributed by atoms with van der Waals surface area (Å²) in [4.78, 5) is 7.06. The standard InChI is InChI=1S/C27H32N4S/c1-19-17-23(20(2)31(19)22-13-7-4-8-14-22)26-25(24-15-9-10-16-28-24)29-27(32)30(26)18-21-11-5-3-6-12-21/h3,5-6,9-12,15-17,22,25-26H,4,7-8,13-14,18H2,1-2H3,(H,29,32)/t25-,26+/m0/s1. The Bertz CT molecular complexity index is 1070. The van der Waals surface area contributed by atoms with Gasteiger partial charge in [0.2, 0.25) is 0 Å². The third-order valence-corrected chi connectivity index (χ3v) is 7.53. The Morgan fingerprint density at radius 3 is 2.47 bits per heavy atom. The van der Waals surface area contributed by atoms with Crippen molar-refractivity contribution in [3.8, 4) is 0 Å². The van der Waals surface area contributed by atoms with Gasteiger partial charge in [-0.25, -0.2) is 0 Å². The molecule has 2 aliphatic rings. The van der Waals surface area contributed by atoms with Gasteiger partial charge in [0.15, 0.2) is 5.11 Å². The van der Waals surface area contributed by atoms with Crippen LogP contribution in [0.1, 0.15) is 78.4 Å². The first kappa shape index (κ1) is 21.2. The Labute approximate surface area is 196 Å². The van der Waals surface area contributed by atoms with Crippen LogP contribution >= 0.6 is 12.2 Å². The zero-order valence-corrected chi connectivity index (χ0v) is 19.8. The lowest BCUT2D eigenvalue weighted by Crippen LogP contribution is -2.29. The molecule has 3 aromatic rings. The number of aryl methyl sites for hydroxylation is 1. The topological polar surface area (TPSA) is 33.1 Å². The molecule has 1 aromatic carbocycles. The maximum atomic E-state index is 5.88. The summed E-state index contributed by atoms with van der Waals surface area (Å²) in [5, 5.41) is 4.41. The second-order valence-electron chi connectivity index (χ2n) is 9.23. The first-order valence-electron chi connectivity index (χ1n) is 11.8. The van der Waals surface area contributed by atoms with E-state index < -0.39 is 0 Å². The summed E-state index contributed by atoms with van der Waals surface area (Å²) in [6.45, 7) is 5.35. The van der Waals surface area contributed by atoms with Crippen LogP contribution in [0.5, 0.6) is 0 Å². The molecule has 2 fully saturated rings. The van der Waals surface area contributed by atoms with Gasteiger partial charge in [0.1, 0.15) is 0 Å². The van der Waals surface area contributed by atoms with Gasteiger partial charge in [-0.3, -0.25) is 4.98 Å². The molecule has 4 nitrogen and oxygen atoms in total. The lowest BCUT2D eigenvalue weighted by Gasteiger charge is -2.30. The maximum Gasteiger partial charge on any atom is 0.170 e. The van der Waals surface area contributed by atoms with Crippen molar-refractivity contribution in [1.29, 1.82) is 0 Å². The molecule has 0 amide bonds. The van der Waals surface area contributed by atoms with Crippen molar-refractivity contribution < 1.29 is 0 Å². The highest BCUT2D eigenvalue weighted by molar-refractivity contribution is 7.80. The van der Waals surface area contributed by atoms with Gasteiger partial charge in [0.05, 0.1) is 17.8 Å². The molecule has 1 aliphatic carbocycles. The third-order valence-electron chi connectivity index (χ3n) is 7.18. The van der Waals surface area contributed by atoms with E-state index in [1.165, 1.54) is 54.6 Å². The predicted octanol–water partition coefficient (Wildman–Crippen LogP) is 6.18. The van der Waals surface area contributed by atoms with Gasteiger partial charge in [-0.05, 0) is 68.2 Å². The second-order valence-corrected chi connectivity index (χ2v) is 9.62. The van der Waals surface area contributed by atoms with E-state index in [0.29, 0.717) is 6.04 Å². The highest BCUT2D eigenvalue weighted by atomic mass is 32.1. The maximum absolute atomic E-state index is 5.88. The monoisotopic (exact) mass is 444 g/mol. The Morgan fingerprint density at radius 1 is 1.00 bits per heavy atom. The Kier molecular flexibility index (Phi) is 6.01. The van der Waals surface area contributed by atoms with Crippen molar-refractivity contribution in [2.24, 2.45) is 0 Å². The summed E-state index contributed by atoms with van der Waals surface area (Å²) < 4.78 is 2.60. The molecule has 2 aromatic heterocycles. The zero-order valence-electron chi connectivity index (χ0n) is 19.0. The second kappa shape index (κ2) is 9.07. The molecule has 0 unspecified atom stereocenters. The summed E-state index contributed by atoms with van der Waals surface area (Å²) in [5.41, 5.74) is 6.42. The number of hydrogen-bond acceptors (Lipinski definition) is 2. The third kappa shape index (κ3) is 3.95. The minimum absolute atomic E-state index is 0.0349. The van der Waals surface area contributed by atoms with Crippen LogP contribution in [-0.4, -0.2) is 19.6 Å². The lowest BCUT2D eigenvalue weighted by atomic mass is 9.94. The fourth-order valence-electron chi connectivity index (χ4n) is 5.70. The SMILES string of the molecule is Cc1cc([C@@H]2[C@H](c3ccccn3)NC(=S)N2Cc2ccccc2)c(C)n1C1CCCCC1. The van der Waals surface area contributed by atoms with E-state index in [4.69, 9.17) is 17.2 Å². The van der Waals surface area contributed by atoms with Gasteiger partial charge in [0, 0.05) is 30.2 Å². The largest absolute Gasteiger partial charge is 0.352 e. The summed E-state index contributed by atoms with van der Waals surface area (Å²) in [5.74, 6) is 0. The van der Waals surface area contributed by atoms with E-state index in [1.807, 2.05) is 12.3 Å². The quantitative estimate of drug-likeness (QED) is 0.477. The Morgan fingerprint density at radius 2 is 1.75 bits per heavy atom. The number of nitrogens with zero attached hydrogens (tertiary/aromatic N) is 3. The van der Waals surface area contributed by atoms with Crippen molar-refractivity contribution >= 4 is 17.3 Å². The van der Waals surface area contributed by atoms with Crippen LogP contribution in [0.3, 0.4) is 0 Å². The van der Waals surface area contributed by atoms with Crippen LogP contribution in [0.4, 0.5) is 0 Å². The molecule has 166 valence electrons. The molecule has 0 bridgehead atoms. The van der Waals surface area contributed by atoms with Gasteiger partial charge in [-0.15, -0.1) is 0 Å². The molecular weight excluding hydrogens is 412 g/mol. The zero-order chi connectivity index (χ0) is 22.1. The number of pyridine rings is 1. The van der Waals surface area contributed by atoms with E-state index in [9.17, 15) is 0 Å². The minimum atomic E-state index is 0.0349. The van der Waals surface area contributed by atoms with Crippen LogP contribution < -0.4 is 5.32 Å². The fourth-order valence-corrected chi connectivity index (χ4v) is 6.00. The van der Waals surface area contributed by atoms with E-state index in [0.717, 1.165) is 17.4 Å². The number of thiocarbonyl (C=S) groups is 1. The number of nitrogens with one attached hydrogen (secondary N) is 1. The van der Waals surface area contributed by atoms with Crippen molar-refractivity contribution in [2.75, 3.05) is 0 Å². The first-order chi connectivity index (χ1) is 15.6. The van der Waals surface area contributed by atoms with Crippen molar-refractivity contribution in [2.45, 2.75) is 70.6 Å². The smallest absolute Gasteiger partial charge is 0.170 e. The molecule has 1 saturated heterocycles. The summed E-state index contributed by atoms with van der Waals surface area (Å²) >= 11 is 5.88. The van der Waals surface area contributed by atoms with Crippen molar-refractivity contribution in [3.05, 3.63) is 89.0 Å². The molecule has 5 rings (SSSR count). The molecule has 0 spiro atoms. The van der Waals surface area contributed by atoms with Crippen LogP contribution in [0.2, 0.25) is 0 Å². The van der Waals surface area contributed by atoms with Crippen LogP contribution in [0.15, 0.2) is 60.8 Å². The molecule has 1 aliphatic heterocycles. The first-order valence-corrected chi connectivity index (χ1v) is 12.2. The minimum Gasteiger partial charge on any atom is -0.352 e. The van der Waals surface area contributed by atoms with Gasteiger partial charge >= 0.3 is 0 Å². The molecule has 2 atom stereocenters. The number of hydrogen-bond donors (Lipinski definition) is 1. The van der Waals surface area contributed by atoms with E-state index in [1.54, 1.807) is 0 Å². The summed E-state index contributed by atoms with van der Waals surface area (Å²) in [7, 11) is 0. The fraction of sp³-hybridized carbons (Fsp3) is 0.407. The molecular formula is C27H32N4S. The predicted molar refractivity (Wildman–Crippen MR) is 133 cm³/mol. The van der Waals surface area contributed by atoms with Crippen molar-refractivity contribution in [1.82, 2.24) is 19.8 Å². The highest BCUT2D eigenvalue weighted by Gasteiger charge is 2.41. The Balaban J connectivity index is 1.57. The van der Waals surface area contributed by atoms with Crippen LogP contribution in [-0.2, 0) is 6.54 Å². The van der Waals surface area contributed by atoms with Crippen molar-refractivity contribution in [3.63, 3.8) is 0 Å². The van der Waals surface area contributed by atoms with E-state index >= 15 is 0 Å². The lowest BCUT2D eigenvalue weighted by molar-refractivity contribution is 0.306. The summed E-state index contributed by atoms with van der Waals surface area (Å²) in [6, 6.07) is 19.9. The highest BCUT2D eigenvalue weighted by Crippen LogP contribution is 2.43. The molecule has 0 radical (unpaired) electrons. The van der Waals surface area contributed by atoms with Gasteiger partial charge in [0.25, 0.3) is 0 Å². The normalized spacial score (nSPS) is 21.7. The average Bonchev–Trinajstić information content (AvgIpc) is 3.30. The van der Waals surface area contributed by atoms with E-state index in [-0.39, 0.29) is 12.1 Å². The number of benzene rings is 1. The van der Waals surface area contributed by atoms with Gasteiger partial charge < -0.3 is 14.8 Å². The summed E-state index contributed by atoms with van der Waals surface area (Å²) in [6.07, 6.45) is 8.49. The number of aromatic nitrogens is 2. The molecule has 32 heavy (non-hydrogen) atoms. The molecule has 1 N–H and O–H groups in total. The van der Waals surface area contributed by atoms with Gasteiger partial charge in [-0.1, -0.05) is 55.7 Å². The Hall–Kier alpha value is -2.66. The number of rotatable bonds is 5.